The highest BCUT2D eigenvalue weighted by molar-refractivity contribution is 7.98. The fourth-order valence-electron chi connectivity index (χ4n) is 3.31. The molecular weight excluding hydrogens is 422 g/mol. The number of aryl methyl sites for hydroxylation is 1. The molecule has 1 N–H and O–H groups in total. The van der Waals surface area contributed by atoms with E-state index in [-0.39, 0.29) is 23.6 Å². The summed E-state index contributed by atoms with van der Waals surface area (Å²) in [6, 6.07) is 15.7. The molecule has 170 valence electrons. The van der Waals surface area contributed by atoms with E-state index in [2.05, 4.69) is 51.2 Å². The van der Waals surface area contributed by atoms with Crippen LogP contribution in [-0.2, 0) is 17.7 Å². The number of benzene rings is 2. The highest BCUT2D eigenvalue weighted by Crippen LogP contribution is 2.32. The predicted octanol–water partition coefficient (Wildman–Crippen LogP) is 6.13. The molecule has 0 saturated carbocycles. The maximum absolute atomic E-state index is 12.6. The van der Waals surface area contributed by atoms with Gasteiger partial charge in [-0.05, 0) is 53.8 Å². The number of ether oxygens (including phenoxy) is 2. The second kappa shape index (κ2) is 10.2. The van der Waals surface area contributed by atoms with E-state index in [4.69, 9.17) is 13.9 Å². The largest absolute Gasteiger partial charge is 0.496 e. The average Bonchev–Trinajstić information content (AvgIpc) is 3.25. The third kappa shape index (κ3) is 5.68. The normalized spacial score (nSPS) is 11.3. The van der Waals surface area contributed by atoms with Crippen LogP contribution in [0.15, 0.2) is 57.8 Å². The van der Waals surface area contributed by atoms with E-state index in [9.17, 15) is 4.79 Å². The Morgan fingerprint density at radius 2 is 1.72 bits per heavy atom. The zero-order valence-corrected chi connectivity index (χ0v) is 20.4. The zero-order chi connectivity index (χ0) is 23.3. The van der Waals surface area contributed by atoms with Crippen molar-refractivity contribution in [3.8, 4) is 11.5 Å². The second-order valence-electron chi connectivity index (χ2n) is 8.61. The van der Waals surface area contributed by atoms with Gasteiger partial charge in [0, 0.05) is 4.90 Å². The van der Waals surface area contributed by atoms with Gasteiger partial charge in [0.2, 0.25) is 0 Å². The number of thioether (sulfide) groups is 1. The molecule has 1 heterocycles. The van der Waals surface area contributed by atoms with Gasteiger partial charge in [-0.3, -0.25) is 4.79 Å². The predicted molar refractivity (Wildman–Crippen MR) is 129 cm³/mol. The van der Waals surface area contributed by atoms with Crippen molar-refractivity contribution in [2.24, 2.45) is 0 Å². The third-order valence-electron chi connectivity index (χ3n) is 5.27. The highest BCUT2D eigenvalue weighted by Gasteiger charge is 2.17. The average molecular weight is 454 g/mol. The smallest absolute Gasteiger partial charge is 0.287 e. The third-order valence-corrected chi connectivity index (χ3v) is 6.44. The van der Waals surface area contributed by atoms with Gasteiger partial charge in [-0.15, -0.1) is 11.8 Å². The number of carbonyl (C=O) groups is 1. The lowest BCUT2D eigenvalue weighted by Crippen LogP contribution is -2.22. The zero-order valence-electron chi connectivity index (χ0n) is 19.6. The summed E-state index contributed by atoms with van der Waals surface area (Å²) in [4.78, 5) is 13.8. The maximum atomic E-state index is 12.6. The molecule has 0 unspecified atom stereocenters. The van der Waals surface area contributed by atoms with Crippen LogP contribution in [0.5, 0.6) is 11.5 Å². The number of amides is 1. The fourth-order valence-corrected chi connectivity index (χ4v) is 4.27. The standard InChI is InChI=1S/C26H31NO4S/c1-17-10-11-18(26(2,3)4)14-24(17)32-16-19-12-13-23(31-19)25(28)27-15-20-21(29-5)8-7-9-22(20)30-6/h7-14H,15-16H2,1-6H3,(H,27,28). The molecule has 3 aromatic rings. The van der Waals surface area contributed by atoms with E-state index >= 15 is 0 Å². The Bertz CT molecular complexity index is 1060. The Morgan fingerprint density at radius 3 is 2.34 bits per heavy atom. The number of nitrogens with one attached hydrogen (secondary N) is 1. The van der Waals surface area contributed by atoms with Crippen molar-refractivity contribution in [3.05, 3.63) is 76.7 Å². The summed E-state index contributed by atoms with van der Waals surface area (Å²) < 4.78 is 16.6. The molecule has 2 aromatic carbocycles. The first-order chi connectivity index (χ1) is 15.2. The Hall–Kier alpha value is -2.86. The lowest BCUT2D eigenvalue weighted by molar-refractivity contribution is 0.0921. The van der Waals surface area contributed by atoms with E-state index < -0.39 is 0 Å². The van der Waals surface area contributed by atoms with Crippen molar-refractivity contribution in [1.82, 2.24) is 5.32 Å². The van der Waals surface area contributed by atoms with Crippen LogP contribution in [0, 0.1) is 6.92 Å². The van der Waals surface area contributed by atoms with Gasteiger partial charge in [-0.25, -0.2) is 0 Å². The molecular formula is C26H31NO4S. The molecule has 6 heteroatoms. The van der Waals surface area contributed by atoms with Crippen molar-refractivity contribution < 1.29 is 18.7 Å². The molecule has 0 aliphatic carbocycles. The van der Waals surface area contributed by atoms with Gasteiger partial charge in [-0.1, -0.05) is 39.0 Å². The molecule has 0 fully saturated rings. The summed E-state index contributed by atoms with van der Waals surface area (Å²) in [6.07, 6.45) is 0. The van der Waals surface area contributed by atoms with Crippen LogP contribution in [0.2, 0.25) is 0 Å². The Morgan fingerprint density at radius 1 is 1.03 bits per heavy atom. The number of rotatable bonds is 8. The summed E-state index contributed by atoms with van der Waals surface area (Å²) in [5.74, 6) is 2.75. The van der Waals surface area contributed by atoms with Crippen molar-refractivity contribution >= 4 is 17.7 Å². The Labute approximate surface area is 194 Å². The first-order valence-corrected chi connectivity index (χ1v) is 11.5. The molecule has 0 bridgehead atoms. The topological polar surface area (TPSA) is 60.7 Å². The van der Waals surface area contributed by atoms with Crippen molar-refractivity contribution in [1.29, 1.82) is 0 Å². The summed E-state index contributed by atoms with van der Waals surface area (Å²) in [5, 5.41) is 2.89. The second-order valence-corrected chi connectivity index (χ2v) is 9.63. The van der Waals surface area contributed by atoms with Crippen LogP contribution >= 0.6 is 11.8 Å². The molecule has 0 radical (unpaired) electrons. The van der Waals surface area contributed by atoms with Gasteiger partial charge < -0.3 is 19.2 Å². The van der Waals surface area contributed by atoms with E-state index in [0.29, 0.717) is 17.3 Å². The van der Waals surface area contributed by atoms with Crippen molar-refractivity contribution in [3.63, 3.8) is 0 Å². The van der Waals surface area contributed by atoms with Crippen LogP contribution in [0.1, 0.15) is 53.8 Å². The van der Waals surface area contributed by atoms with Gasteiger partial charge >= 0.3 is 0 Å². The Balaban J connectivity index is 1.64. The number of carbonyl (C=O) groups excluding carboxylic acids is 1. The summed E-state index contributed by atoms with van der Waals surface area (Å²) in [5.41, 5.74) is 3.42. The Kier molecular flexibility index (Phi) is 7.56. The van der Waals surface area contributed by atoms with E-state index in [1.54, 1.807) is 32.0 Å². The summed E-state index contributed by atoms with van der Waals surface area (Å²) >= 11 is 1.72. The lowest BCUT2D eigenvalue weighted by Gasteiger charge is -2.20. The minimum absolute atomic E-state index is 0.100. The molecule has 0 atom stereocenters. The van der Waals surface area contributed by atoms with Gasteiger partial charge in [0.15, 0.2) is 5.76 Å². The van der Waals surface area contributed by atoms with E-state index in [0.717, 1.165) is 11.3 Å². The summed E-state index contributed by atoms with van der Waals surface area (Å²) in [7, 11) is 3.19. The van der Waals surface area contributed by atoms with Crippen LogP contribution in [-0.4, -0.2) is 20.1 Å². The lowest BCUT2D eigenvalue weighted by atomic mass is 9.87. The molecule has 3 rings (SSSR count). The number of furan rings is 1. The monoisotopic (exact) mass is 453 g/mol. The van der Waals surface area contributed by atoms with Gasteiger partial charge in [0.05, 0.1) is 32.1 Å². The van der Waals surface area contributed by atoms with E-state index in [1.807, 2.05) is 24.3 Å². The van der Waals surface area contributed by atoms with Crippen LogP contribution in [0.25, 0.3) is 0 Å². The number of hydrogen-bond donors (Lipinski definition) is 1. The van der Waals surface area contributed by atoms with Gasteiger partial charge in [0.1, 0.15) is 17.3 Å². The molecule has 5 nitrogen and oxygen atoms in total. The van der Waals surface area contributed by atoms with Crippen LogP contribution < -0.4 is 14.8 Å². The van der Waals surface area contributed by atoms with Crippen molar-refractivity contribution in [2.45, 2.75) is 50.3 Å². The molecule has 0 saturated heterocycles. The maximum Gasteiger partial charge on any atom is 0.287 e. The minimum Gasteiger partial charge on any atom is -0.496 e. The summed E-state index contributed by atoms with van der Waals surface area (Å²) in [6.45, 7) is 9.02. The number of hydrogen-bond acceptors (Lipinski definition) is 5. The van der Waals surface area contributed by atoms with E-state index in [1.165, 1.54) is 16.0 Å². The highest BCUT2D eigenvalue weighted by atomic mass is 32.2. The van der Waals surface area contributed by atoms with Gasteiger partial charge in [0.25, 0.3) is 5.91 Å². The van der Waals surface area contributed by atoms with Crippen LogP contribution in [0.4, 0.5) is 0 Å². The molecule has 1 amide bonds. The SMILES string of the molecule is COc1cccc(OC)c1CNC(=O)c1ccc(CSc2cc(C(C)(C)C)ccc2C)o1. The first kappa shape index (κ1) is 23.8. The first-order valence-electron chi connectivity index (χ1n) is 10.5. The van der Waals surface area contributed by atoms with Crippen molar-refractivity contribution in [2.75, 3.05) is 14.2 Å². The fraction of sp³-hybridized carbons (Fsp3) is 0.346. The molecule has 0 aliphatic rings. The molecule has 1 aromatic heterocycles. The molecule has 0 aliphatic heterocycles. The molecule has 0 spiro atoms. The number of methoxy groups -OCH3 is 2. The quantitative estimate of drug-likeness (QED) is 0.416. The van der Waals surface area contributed by atoms with Crippen LogP contribution in [0.3, 0.4) is 0 Å². The molecule has 32 heavy (non-hydrogen) atoms. The minimum atomic E-state index is -0.278. The van der Waals surface area contributed by atoms with Gasteiger partial charge in [-0.2, -0.15) is 0 Å².